The molecule has 21 heavy (non-hydrogen) atoms. The molecule has 1 atom stereocenters. The highest BCUT2D eigenvalue weighted by atomic mass is 32.2. The summed E-state index contributed by atoms with van der Waals surface area (Å²) in [6.45, 7) is 5.57. The first-order valence-corrected chi connectivity index (χ1v) is 8.00. The second kappa shape index (κ2) is 7.88. The van der Waals surface area contributed by atoms with Crippen molar-refractivity contribution < 1.29 is 4.79 Å². The molecule has 0 saturated heterocycles. The summed E-state index contributed by atoms with van der Waals surface area (Å²) >= 11 is 1.59. The molecule has 0 aliphatic heterocycles. The second-order valence-electron chi connectivity index (χ2n) is 5.02. The lowest BCUT2D eigenvalue weighted by atomic mass is 10.2. The van der Waals surface area contributed by atoms with Gasteiger partial charge in [-0.25, -0.2) is 4.98 Å². The van der Waals surface area contributed by atoms with Crippen molar-refractivity contribution in [3.05, 3.63) is 48.5 Å². The van der Waals surface area contributed by atoms with Crippen LogP contribution < -0.4 is 5.32 Å². The fourth-order valence-corrected chi connectivity index (χ4v) is 2.80. The Bertz CT molecular complexity index is 551. The highest BCUT2D eigenvalue weighted by Gasteiger charge is 2.13. The first kappa shape index (κ1) is 15.6. The molecule has 0 bridgehead atoms. The minimum absolute atomic E-state index is 0.0825. The Kier molecular flexibility index (Phi) is 5.87. The zero-order valence-electron chi connectivity index (χ0n) is 12.5. The number of rotatable bonds is 7. The molecular weight excluding hydrogens is 282 g/mol. The second-order valence-corrected chi connectivity index (χ2v) is 6.43. The van der Waals surface area contributed by atoms with E-state index in [0.29, 0.717) is 6.54 Å². The molecule has 0 aliphatic rings. The summed E-state index contributed by atoms with van der Waals surface area (Å²) in [6, 6.07) is 8.25. The third-order valence-electron chi connectivity index (χ3n) is 3.15. The monoisotopic (exact) mass is 303 g/mol. The van der Waals surface area contributed by atoms with E-state index in [1.165, 1.54) is 5.56 Å². The molecule has 2 rings (SSSR count). The van der Waals surface area contributed by atoms with Gasteiger partial charge >= 0.3 is 0 Å². The number of aromatic nitrogens is 2. The molecule has 2 aromatic rings. The van der Waals surface area contributed by atoms with Crippen LogP contribution in [-0.2, 0) is 11.3 Å². The number of thioether (sulfide) groups is 1. The van der Waals surface area contributed by atoms with Crippen LogP contribution >= 0.6 is 11.8 Å². The summed E-state index contributed by atoms with van der Waals surface area (Å²) in [5.74, 6) is 0.0891. The van der Waals surface area contributed by atoms with Gasteiger partial charge in [-0.3, -0.25) is 4.79 Å². The zero-order valence-corrected chi connectivity index (χ0v) is 13.3. The summed E-state index contributed by atoms with van der Waals surface area (Å²) in [5, 5.41) is 2.90. The summed E-state index contributed by atoms with van der Waals surface area (Å²) in [4.78, 5) is 17.1. The van der Waals surface area contributed by atoms with E-state index in [0.717, 1.165) is 17.9 Å². The summed E-state index contributed by atoms with van der Waals surface area (Å²) in [6.07, 6.45) is 6.39. The Labute approximate surface area is 130 Å². The molecule has 0 aliphatic carbocycles. The highest BCUT2D eigenvalue weighted by molar-refractivity contribution is 8.00. The summed E-state index contributed by atoms with van der Waals surface area (Å²) in [7, 11) is 0. The standard InChI is InChI=1S/C16H21N3OS/c1-13-4-6-15(7-5-13)21-14(2)16(20)18-8-3-10-19-11-9-17-12-19/h4-7,9,11-12,14H,3,8,10H2,1-2H3,(H,18,20). The average Bonchev–Trinajstić information content (AvgIpc) is 2.99. The average molecular weight is 303 g/mol. The van der Waals surface area contributed by atoms with Gasteiger partial charge in [-0.05, 0) is 32.4 Å². The molecule has 1 aromatic heterocycles. The topological polar surface area (TPSA) is 46.9 Å². The first-order chi connectivity index (χ1) is 10.1. The molecule has 0 saturated carbocycles. The maximum atomic E-state index is 12.0. The van der Waals surface area contributed by atoms with Gasteiger partial charge in [0.05, 0.1) is 11.6 Å². The Balaban J connectivity index is 1.68. The van der Waals surface area contributed by atoms with Crippen molar-refractivity contribution in [2.24, 2.45) is 0 Å². The number of carbonyl (C=O) groups is 1. The molecule has 0 spiro atoms. The molecule has 1 heterocycles. The van der Waals surface area contributed by atoms with E-state index < -0.39 is 0 Å². The molecular formula is C16H21N3OS. The summed E-state index contributed by atoms with van der Waals surface area (Å²) < 4.78 is 2.01. The number of carbonyl (C=O) groups excluding carboxylic acids is 1. The van der Waals surface area contributed by atoms with E-state index in [2.05, 4.69) is 41.5 Å². The lowest BCUT2D eigenvalue weighted by molar-refractivity contribution is -0.120. The van der Waals surface area contributed by atoms with Crippen molar-refractivity contribution in [3.63, 3.8) is 0 Å². The molecule has 0 radical (unpaired) electrons. The number of imidazole rings is 1. The third-order valence-corrected chi connectivity index (χ3v) is 4.27. The van der Waals surface area contributed by atoms with Crippen LogP contribution in [0.1, 0.15) is 18.9 Å². The van der Waals surface area contributed by atoms with Crippen LogP contribution in [0.5, 0.6) is 0 Å². The van der Waals surface area contributed by atoms with Crippen molar-refractivity contribution in [2.75, 3.05) is 6.54 Å². The molecule has 5 heteroatoms. The molecule has 1 unspecified atom stereocenters. The predicted octanol–water partition coefficient (Wildman–Crippen LogP) is 2.88. The van der Waals surface area contributed by atoms with E-state index in [9.17, 15) is 4.79 Å². The number of benzene rings is 1. The lowest BCUT2D eigenvalue weighted by Gasteiger charge is -2.12. The quantitative estimate of drug-likeness (QED) is 0.632. The van der Waals surface area contributed by atoms with Crippen LogP contribution in [0.15, 0.2) is 47.9 Å². The number of nitrogens with one attached hydrogen (secondary N) is 1. The summed E-state index contributed by atoms with van der Waals surface area (Å²) in [5.41, 5.74) is 1.23. The zero-order chi connectivity index (χ0) is 15.1. The normalized spacial score (nSPS) is 12.1. The highest BCUT2D eigenvalue weighted by Crippen LogP contribution is 2.23. The first-order valence-electron chi connectivity index (χ1n) is 7.12. The molecule has 112 valence electrons. The molecule has 1 N–H and O–H groups in total. The van der Waals surface area contributed by atoms with Crippen LogP contribution in [0.3, 0.4) is 0 Å². The van der Waals surface area contributed by atoms with Crippen molar-refractivity contribution in [1.29, 1.82) is 0 Å². The van der Waals surface area contributed by atoms with Gasteiger partial charge in [0.1, 0.15) is 0 Å². The molecule has 0 fully saturated rings. The van der Waals surface area contributed by atoms with Gasteiger partial charge in [0, 0.05) is 30.4 Å². The van der Waals surface area contributed by atoms with Gasteiger partial charge in [0.25, 0.3) is 0 Å². The fraction of sp³-hybridized carbons (Fsp3) is 0.375. The van der Waals surface area contributed by atoms with Crippen molar-refractivity contribution in [2.45, 2.75) is 37.0 Å². The van der Waals surface area contributed by atoms with Crippen LogP contribution in [0, 0.1) is 6.92 Å². The number of hydrogen-bond donors (Lipinski definition) is 1. The Morgan fingerprint density at radius 2 is 2.14 bits per heavy atom. The van der Waals surface area contributed by atoms with Crippen LogP contribution in [0.25, 0.3) is 0 Å². The van der Waals surface area contributed by atoms with Crippen LogP contribution in [0.2, 0.25) is 0 Å². The van der Waals surface area contributed by atoms with E-state index in [1.54, 1.807) is 24.3 Å². The molecule has 1 aromatic carbocycles. The Morgan fingerprint density at radius 1 is 1.38 bits per heavy atom. The van der Waals surface area contributed by atoms with Crippen molar-refractivity contribution >= 4 is 17.7 Å². The predicted molar refractivity (Wildman–Crippen MR) is 86.4 cm³/mol. The van der Waals surface area contributed by atoms with Gasteiger partial charge in [0.15, 0.2) is 0 Å². The Morgan fingerprint density at radius 3 is 2.81 bits per heavy atom. The SMILES string of the molecule is Cc1ccc(SC(C)C(=O)NCCCn2ccnc2)cc1. The van der Waals surface area contributed by atoms with Crippen LogP contribution in [-0.4, -0.2) is 27.3 Å². The minimum Gasteiger partial charge on any atom is -0.355 e. The maximum Gasteiger partial charge on any atom is 0.233 e. The van der Waals surface area contributed by atoms with E-state index >= 15 is 0 Å². The Hall–Kier alpha value is -1.75. The number of hydrogen-bond acceptors (Lipinski definition) is 3. The largest absolute Gasteiger partial charge is 0.355 e. The van der Waals surface area contributed by atoms with E-state index in [4.69, 9.17) is 0 Å². The lowest BCUT2D eigenvalue weighted by Crippen LogP contribution is -2.32. The van der Waals surface area contributed by atoms with Crippen molar-refractivity contribution in [1.82, 2.24) is 14.9 Å². The number of nitrogens with zero attached hydrogens (tertiary/aromatic N) is 2. The molecule has 1 amide bonds. The molecule has 4 nitrogen and oxygen atoms in total. The minimum atomic E-state index is -0.0825. The van der Waals surface area contributed by atoms with E-state index in [1.807, 2.05) is 17.7 Å². The smallest absolute Gasteiger partial charge is 0.233 e. The van der Waals surface area contributed by atoms with E-state index in [-0.39, 0.29) is 11.2 Å². The van der Waals surface area contributed by atoms with Crippen LogP contribution in [0.4, 0.5) is 0 Å². The number of amides is 1. The van der Waals surface area contributed by atoms with Gasteiger partial charge in [0.2, 0.25) is 5.91 Å². The maximum absolute atomic E-state index is 12.0. The van der Waals surface area contributed by atoms with Gasteiger partial charge in [-0.1, -0.05) is 17.7 Å². The van der Waals surface area contributed by atoms with Gasteiger partial charge in [-0.2, -0.15) is 0 Å². The third kappa shape index (κ3) is 5.27. The van der Waals surface area contributed by atoms with Crippen molar-refractivity contribution in [3.8, 4) is 0 Å². The fourth-order valence-electron chi connectivity index (χ4n) is 1.91. The number of aryl methyl sites for hydroxylation is 2. The van der Waals surface area contributed by atoms with Gasteiger partial charge in [-0.15, -0.1) is 11.8 Å². The van der Waals surface area contributed by atoms with Gasteiger partial charge < -0.3 is 9.88 Å².